The normalized spacial score (nSPS) is 11.3. The summed E-state index contributed by atoms with van der Waals surface area (Å²) >= 11 is 0. The van der Waals surface area contributed by atoms with Gasteiger partial charge in [0.15, 0.2) is 12.1 Å². The minimum atomic E-state index is -0.202. The number of aldehydes is 1. The van der Waals surface area contributed by atoms with E-state index in [0.29, 0.717) is 11.1 Å². The molecule has 0 spiro atoms. The van der Waals surface area contributed by atoms with Gasteiger partial charge in [-0.15, -0.1) is 0 Å². The Hall–Kier alpha value is -6.58. The summed E-state index contributed by atoms with van der Waals surface area (Å²) in [6, 6.07) is 58.1. The molecular weight excluding hydrogens is 599 g/mol. The van der Waals surface area contributed by atoms with Crippen molar-refractivity contribution in [3.05, 3.63) is 193 Å². The second-order valence-corrected chi connectivity index (χ2v) is 12.2. The van der Waals surface area contributed by atoms with Crippen LogP contribution in [0.25, 0.3) is 49.5 Å². The lowest BCUT2D eigenvalue weighted by Gasteiger charge is -2.27. The van der Waals surface area contributed by atoms with E-state index in [9.17, 15) is 9.59 Å². The van der Waals surface area contributed by atoms with Crippen LogP contribution in [0, 0.1) is 0 Å². The Labute approximate surface area is 285 Å². The smallest absolute Gasteiger partial charge is 0.186 e. The van der Waals surface area contributed by atoms with Crippen LogP contribution < -0.4 is 4.90 Å². The van der Waals surface area contributed by atoms with Crippen LogP contribution in [0.1, 0.15) is 26.3 Å². The Bertz CT molecular complexity index is 2550. The second-order valence-electron chi connectivity index (χ2n) is 12.2. The van der Waals surface area contributed by atoms with Gasteiger partial charge in [0.25, 0.3) is 0 Å². The molecule has 0 fully saturated rings. The molecule has 8 aromatic rings. The number of benzene rings is 8. The number of fused-ring (bicyclic) bond motifs is 3. The topological polar surface area (TPSA) is 37.4 Å². The molecule has 3 nitrogen and oxygen atoms in total. The SMILES string of the molecule is O=Cc1cc2ccccc2cc1C(=O)C=Cc1ccc2cc(N(c3cccc(-c4ccccc4)c3)c3ccc4ccccc4c3)ccc2c1. The summed E-state index contributed by atoms with van der Waals surface area (Å²) in [5, 5.41) is 6.39. The van der Waals surface area contributed by atoms with Crippen molar-refractivity contribution in [3.63, 3.8) is 0 Å². The summed E-state index contributed by atoms with van der Waals surface area (Å²) < 4.78 is 0. The number of anilines is 3. The maximum Gasteiger partial charge on any atom is 0.186 e. The average Bonchev–Trinajstić information content (AvgIpc) is 3.17. The van der Waals surface area contributed by atoms with Crippen molar-refractivity contribution in [3.8, 4) is 11.1 Å². The maximum atomic E-state index is 13.2. The number of carbonyl (C=O) groups is 2. The molecule has 3 heteroatoms. The number of allylic oxidation sites excluding steroid dienone is 1. The van der Waals surface area contributed by atoms with E-state index in [4.69, 9.17) is 0 Å². The van der Waals surface area contributed by atoms with Crippen LogP contribution in [0.15, 0.2) is 176 Å². The van der Waals surface area contributed by atoms with E-state index >= 15 is 0 Å². The number of rotatable bonds is 8. The van der Waals surface area contributed by atoms with E-state index in [2.05, 4.69) is 126 Å². The summed E-state index contributed by atoms with van der Waals surface area (Å²) in [6.07, 6.45) is 4.12. The van der Waals surface area contributed by atoms with Crippen molar-refractivity contribution in [2.75, 3.05) is 4.90 Å². The number of hydrogen-bond acceptors (Lipinski definition) is 3. The molecular formula is C46H31NO2. The van der Waals surface area contributed by atoms with E-state index < -0.39 is 0 Å². The number of nitrogens with zero attached hydrogens (tertiary/aromatic N) is 1. The van der Waals surface area contributed by atoms with Gasteiger partial charge in [-0.1, -0.05) is 121 Å². The molecule has 0 aromatic heterocycles. The molecule has 0 radical (unpaired) electrons. The molecule has 0 saturated carbocycles. The molecule has 0 atom stereocenters. The predicted molar refractivity (Wildman–Crippen MR) is 204 cm³/mol. The molecule has 0 heterocycles. The van der Waals surface area contributed by atoms with Crippen LogP contribution in [-0.4, -0.2) is 12.1 Å². The van der Waals surface area contributed by atoms with Gasteiger partial charge in [-0.2, -0.15) is 0 Å². The van der Waals surface area contributed by atoms with Crippen molar-refractivity contribution in [2.45, 2.75) is 0 Å². The van der Waals surface area contributed by atoms with Crippen molar-refractivity contribution >= 4 is 67.5 Å². The lowest BCUT2D eigenvalue weighted by atomic mass is 9.98. The van der Waals surface area contributed by atoms with Crippen LogP contribution in [0.3, 0.4) is 0 Å². The Balaban J connectivity index is 1.15. The summed E-state index contributed by atoms with van der Waals surface area (Å²) in [5.41, 5.74) is 7.21. The van der Waals surface area contributed by atoms with Gasteiger partial charge >= 0.3 is 0 Å². The van der Waals surface area contributed by atoms with Crippen LogP contribution >= 0.6 is 0 Å². The second kappa shape index (κ2) is 12.9. The minimum Gasteiger partial charge on any atom is -0.310 e. The highest BCUT2D eigenvalue weighted by atomic mass is 16.1. The third kappa shape index (κ3) is 6.02. The fourth-order valence-electron chi connectivity index (χ4n) is 6.54. The fraction of sp³-hybridized carbons (Fsp3) is 0. The Kier molecular flexibility index (Phi) is 7.85. The summed E-state index contributed by atoms with van der Waals surface area (Å²) in [4.78, 5) is 27.4. The van der Waals surface area contributed by atoms with Gasteiger partial charge in [0.2, 0.25) is 0 Å². The zero-order valence-electron chi connectivity index (χ0n) is 26.7. The molecule has 0 N–H and O–H groups in total. The standard InChI is InChI=1S/C46H31NO2/c48-31-41-26-35-12-6-7-14-38(35)30-45(41)46(49)24-18-32-17-19-40-29-44(23-21-39(40)25-32)47(43-22-20-34-11-4-5-13-36(34)28-43)42-16-8-15-37(27-42)33-9-2-1-3-10-33/h1-31H. The molecule has 0 unspecified atom stereocenters. The first-order chi connectivity index (χ1) is 24.1. The Morgan fingerprint density at radius 1 is 0.449 bits per heavy atom. The molecule has 0 amide bonds. The number of ketones is 1. The first-order valence-corrected chi connectivity index (χ1v) is 16.3. The van der Waals surface area contributed by atoms with Crippen molar-refractivity contribution in [2.24, 2.45) is 0 Å². The van der Waals surface area contributed by atoms with Gasteiger partial charge < -0.3 is 4.90 Å². The van der Waals surface area contributed by atoms with Crippen LogP contribution in [-0.2, 0) is 0 Å². The predicted octanol–water partition coefficient (Wildman–Crippen LogP) is 12.0. The third-order valence-electron chi connectivity index (χ3n) is 9.05. The molecule has 0 aliphatic heterocycles. The highest BCUT2D eigenvalue weighted by molar-refractivity contribution is 6.13. The van der Waals surface area contributed by atoms with Gasteiger partial charge in [-0.3, -0.25) is 9.59 Å². The molecule has 8 rings (SSSR count). The highest BCUT2D eigenvalue weighted by Crippen LogP contribution is 2.39. The van der Waals surface area contributed by atoms with Gasteiger partial charge in [-0.25, -0.2) is 0 Å². The zero-order chi connectivity index (χ0) is 33.2. The largest absolute Gasteiger partial charge is 0.310 e. The number of hydrogen-bond donors (Lipinski definition) is 0. The first-order valence-electron chi connectivity index (χ1n) is 16.3. The summed E-state index contributed by atoms with van der Waals surface area (Å²) in [6.45, 7) is 0. The quantitative estimate of drug-likeness (QED) is 0.0953. The lowest BCUT2D eigenvalue weighted by molar-refractivity contribution is 0.103. The van der Waals surface area contributed by atoms with Gasteiger partial charge in [-0.05, 0) is 110 Å². The lowest BCUT2D eigenvalue weighted by Crippen LogP contribution is -2.10. The van der Waals surface area contributed by atoms with Gasteiger partial charge in [0, 0.05) is 28.2 Å². The number of carbonyl (C=O) groups excluding carboxylic acids is 2. The van der Waals surface area contributed by atoms with Crippen LogP contribution in [0.4, 0.5) is 17.1 Å². The van der Waals surface area contributed by atoms with E-state index in [0.717, 1.165) is 56.0 Å². The van der Waals surface area contributed by atoms with E-state index in [-0.39, 0.29) is 5.78 Å². The maximum absolute atomic E-state index is 13.2. The molecule has 232 valence electrons. The first kappa shape index (κ1) is 29.8. The monoisotopic (exact) mass is 629 g/mol. The molecule has 0 bridgehead atoms. The zero-order valence-corrected chi connectivity index (χ0v) is 26.7. The van der Waals surface area contributed by atoms with Gasteiger partial charge in [0.05, 0.1) is 0 Å². The molecule has 0 aliphatic carbocycles. The summed E-state index contributed by atoms with van der Waals surface area (Å²) in [7, 11) is 0. The highest BCUT2D eigenvalue weighted by Gasteiger charge is 2.15. The average molecular weight is 630 g/mol. The molecule has 49 heavy (non-hydrogen) atoms. The minimum absolute atomic E-state index is 0.202. The molecule has 8 aromatic carbocycles. The Morgan fingerprint density at radius 2 is 1.00 bits per heavy atom. The Morgan fingerprint density at radius 3 is 1.73 bits per heavy atom. The third-order valence-corrected chi connectivity index (χ3v) is 9.05. The summed E-state index contributed by atoms with van der Waals surface area (Å²) in [5.74, 6) is -0.202. The van der Waals surface area contributed by atoms with Crippen molar-refractivity contribution < 1.29 is 9.59 Å². The molecule has 0 saturated heterocycles. The van der Waals surface area contributed by atoms with E-state index in [1.807, 2.05) is 42.5 Å². The van der Waals surface area contributed by atoms with Crippen LogP contribution in [0.2, 0.25) is 0 Å². The van der Waals surface area contributed by atoms with E-state index in [1.165, 1.54) is 16.3 Å². The molecule has 0 aliphatic rings. The van der Waals surface area contributed by atoms with Crippen molar-refractivity contribution in [1.82, 2.24) is 0 Å². The van der Waals surface area contributed by atoms with Crippen LogP contribution in [0.5, 0.6) is 0 Å². The van der Waals surface area contributed by atoms with Crippen molar-refractivity contribution in [1.29, 1.82) is 0 Å². The van der Waals surface area contributed by atoms with Gasteiger partial charge in [0.1, 0.15) is 0 Å². The van der Waals surface area contributed by atoms with E-state index in [1.54, 1.807) is 18.2 Å². The fourth-order valence-corrected chi connectivity index (χ4v) is 6.54.